The summed E-state index contributed by atoms with van der Waals surface area (Å²) >= 11 is 0. The van der Waals surface area contributed by atoms with E-state index in [1.165, 1.54) is 0 Å². The van der Waals surface area contributed by atoms with Crippen molar-refractivity contribution in [3.63, 3.8) is 0 Å². The minimum Gasteiger partial charge on any atom is -0.506 e. The number of hydrogen-bond donors (Lipinski definition) is 5. The zero-order chi connectivity index (χ0) is 17.3. The Labute approximate surface area is 127 Å². The van der Waals surface area contributed by atoms with E-state index in [0.29, 0.717) is 4.57 Å². The number of aliphatic hydroxyl groups is 4. The molecule has 0 amide bonds. The van der Waals surface area contributed by atoms with Crippen LogP contribution in [0.5, 0.6) is 0 Å². The number of esters is 1. The van der Waals surface area contributed by atoms with Crippen molar-refractivity contribution in [1.29, 1.82) is 0 Å². The maximum absolute atomic E-state index is 11.8. The smallest absolute Gasteiger partial charge is 0.339 e. The highest BCUT2D eigenvalue weighted by Crippen LogP contribution is 2.30. The van der Waals surface area contributed by atoms with Gasteiger partial charge >= 0.3 is 11.7 Å². The van der Waals surface area contributed by atoms with Crippen molar-refractivity contribution in [2.24, 2.45) is 0 Å². The first-order valence-corrected chi connectivity index (χ1v) is 6.30. The Morgan fingerprint density at radius 2 is 2.17 bits per heavy atom. The molecule has 0 aliphatic carbocycles. The summed E-state index contributed by atoms with van der Waals surface area (Å²) in [5.41, 5.74) is -2.58. The number of ether oxygens (including phenoxy) is 2. The lowest BCUT2D eigenvalue weighted by Gasteiger charge is -2.19. The van der Waals surface area contributed by atoms with E-state index in [9.17, 15) is 29.7 Å². The molecule has 2 rings (SSSR count). The quantitative estimate of drug-likeness (QED) is 0.371. The summed E-state index contributed by atoms with van der Waals surface area (Å²) < 4.78 is 9.99. The van der Waals surface area contributed by atoms with E-state index in [4.69, 9.17) is 9.84 Å². The maximum atomic E-state index is 11.8. The molecule has 2 unspecified atom stereocenters. The molecule has 1 aromatic heterocycles. The van der Waals surface area contributed by atoms with Crippen molar-refractivity contribution in [3.8, 4) is 0 Å². The van der Waals surface area contributed by atoms with Gasteiger partial charge in [0.15, 0.2) is 23.7 Å². The molecule has 0 saturated heterocycles. The van der Waals surface area contributed by atoms with E-state index < -0.39 is 53.6 Å². The molecule has 1 aliphatic heterocycles. The summed E-state index contributed by atoms with van der Waals surface area (Å²) in [6, 6.07) is 0. The predicted molar refractivity (Wildman–Crippen MR) is 71.2 cm³/mol. The lowest BCUT2D eigenvalue weighted by molar-refractivity contribution is -0.150. The number of aliphatic hydroxyl groups excluding tert-OH is 4. The van der Waals surface area contributed by atoms with Crippen LogP contribution in [0.2, 0.25) is 0 Å². The van der Waals surface area contributed by atoms with Crippen LogP contribution in [0.15, 0.2) is 27.3 Å². The number of rotatable bonds is 4. The normalized spacial score (nSPS) is 21.9. The van der Waals surface area contributed by atoms with Crippen molar-refractivity contribution in [1.82, 2.24) is 9.55 Å². The molecule has 0 spiro atoms. The zero-order valence-electron chi connectivity index (χ0n) is 11.8. The molecule has 126 valence electrons. The highest BCUT2D eigenvalue weighted by molar-refractivity contribution is 5.75. The largest absolute Gasteiger partial charge is 0.506 e. The first-order valence-electron chi connectivity index (χ1n) is 6.30. The van der Waals surface area contributed by atoms with Gasteiger partial charge in [-0.25, -0.2) is 9.59 Å². The second-order valence-electron chi connectivity index (χ2n) is 4.60. The van der Waals surface area contributed by atoms with E-state index in [0.717, 1.165) is 13.3 Å². The van der Waals surface area contributed by atoms with Crippen LogP contribution in [0.4, 0.5) is 0 Å². The minimum absolute atomic E-state index is 0.351. The highest BCUT2D eigenvalue weighted by Gasteiger charge is 2.38. The van der Waals surface area contributed by atoms with Gasteiger partial charge in [-0.15, -0.1) is 0 Å². The monoisotopic (exact) mass is 330 g/mol. The topological polar surface area (TPSA) is 171 Å². The van der Waals surface area contributed by atoms with Crippen LogP contribution in [-0.4, -0.2) is 55.8 Å². The van der Waals surface area contributed by atoms with Crippen molar-refractivity contribution < 1.29 is 34.7 Å². The lowest BCUT2D eigenvalue weighted by Crippen LogP contribution is -2.39. The zero-order valence-corrected chi connectivity index (χ0v) is 11.8. The third-order valence-corrected chi connectivity index (χ3v) is 3.23. The number of nitrogens with zero attached hydrogens (tertiary/aromatic N) is 1. The molecule has 2 heterocycles. The van der Waals surface area contributed by atoms with Crippen LogP contribution in [0.1, 0.15) is 17.9 Å². The number of carbonyl (C=O) groups excluding carboxylic acids is 1. The molecule has 0 saturated carbocycles. The third kappa shape index (κ3) is 2.84. The van der Waals surface area contributed by atoms with E-state index in [1.54, 1.807) is 0 Å². The number of aromatic nitrogens is 2. The van der Waals surface area contributed by atoms with Crippen LogP contribution in [0.3, 0.4) is 0 Å². The SMILES string of the molecule is COC(=O)C(O)c1cn([C@@H]2OC(CO)=C(O)C2O)c(=O)[nH]c1=O. The molecule has 1 aliphatic rings. The fourth-order valence-corrected chi connectivity index (χ4v) is 2.02. The summed E-state index contributed by atoms with van der Waals surface area (Å²) in [5, 5.41) is 38.1. The lowest BCUT2D eigenvalue weighted by atomic mass is 10.2. The summed E-state index contributed by atoms with van der Waals surface area (Å²) in [6.45, 7) is -0.727. The first-order chi connectivity index (χ1) is 10.8. The van der Waals surface area contributed by atoms with Gasteiger partial charge < -0.3 is 29.9 Å². The molecule has 11 heteroatoms. The maximum Gasteiger partial charge on any atom is 0.339 e. The molecule has 0 fully saturated rings. The summed E-state index contributed by atoms with van der Waals surface area (Å²) in [6.07, 6.45) is -4.36. The van der Waals surface area contributed by atoms with Crippen LogP contribution >= 0.6 is 0 Å². The second-order valence-corrected chi connectivity index (χ2v) is 4.60. The Morgan fingerprint density at radius 1 is 1.52 bits per heavy atom. The molecule has 1 aromatic rings. The number of methoxy groups -OCH3 is 1. The Bertz CT molecular complexity index is 763. The van der Waals surface area contributed by atoms with Gasteiger partial charge in [0.2, 0.25) is 6.23 Å². The highest BCUT2D eigenvalue weighted by atomic mass is 16.5. The van der Waals surface area contributed by atoms with E-state index >= 15 is 0 Å². The number of hydrogen-bond acceptors (Lipinski definition) is 9. The first kappa shape index (κ1) is 16.7. The van der Waals surface area contributed by atoms with Crippen molar-refractivity contribution in [2.45, 2.75) is 18.4 Å². The average molecular weight is 330 g/mol. The standard InChI is InChI=1S/C12H14N2O9/c1-22-11(20)6(16)4-2-14(12(21)13-9(4)19)10-8(18)7(17)5(3-15)23-10/h2,6,8,10,15-18H,3H2,1H3,(H,13,19,21)/t6?,8?,10-/m1/s1. The van der Waals surface area contributed by atoms with Gasteiger partial charge in [0, 0.05) is 6.20 Å². The molecule has 0 bridgehead atoms. The molecule has 11 nitrogen and oxygen atoms in total. The van der Waals surface area contributed by atoms with Gasteiger partial charge in [0.1, 0.15) is 6.61 Å². The molecular weight excluding hydrogens is 316 g/mol. The van der Waals surface area contributed by atoms with Crippen molar-refractivity contribution in [2.75, 3.05) is 13.7 Å². The van der Waals surface area contributed by atoms with E-state index in [1.807, 2.05) is 4.98 Å². The van der Waals surface area contributed by atoms with Crippen LogP contribution in [-0.2, 0) is 14.3 Å². The van der Waals surface area contributed by atoms with Gasteiger partial charge in [-0.2, -0.15) is 0 Å². The van der Waals surface area contributed by atoms with Crippen LogP contribution in [0, 0.1) is 0 Å². The predicted octanol–water partition coefficient (Wildman–Crippen LogP) is -2.61. The van der Waals surface area contributed by atoms with Gasteiger partial charge in [-0.3, -0.25) is 14.3 Å². The molecule has 0 aromatic carbocycles. The fraction of sp³-hybridized carbons (Fsp3) is 0.417. The molecule has 5 N–H and O–H groups in total. The Morgan fingerprint density at radius 3 is 2.70 bits per heavy atom. The van der Waals surface area contributed by atoms with Gasteiger partial charge in [0.05, 0.1) is 12.7 Å². The Balaban J connectivity index is 2.48. The van der Waals surface area contributed by atoms with Gasteiger partial charge in [0.25, 0.3) is 5.56 Å². The minimum atomic E-state index is -1.96. The Kier molecular flexibility index (Phi) is 4.54. The Hall–Kier alpha value is -2.63. The number of aromatic amines is 1. The van der Waals surface area contributed by atoms with E-state index in [2.05, 4.69) is 4.74 Å². The fourth-order valence-electron chi connectivity index (χ4n) is 2.02. The molecule has 23 heavy (non-hydrogen) atoms. The van der Waals surface area contributed by atoms with Crippen LogP contribution < -0.4 is 11.2 Å². The molecular formula is C12H14N2O9. The number of nitrogens with one attached hydrogen (secondary N) is 1. The molecule has 0 radical (unpaired) electrons. The second kappa shape index (κ2) is 6.24. The van der Waals surface area contributed by atoms with Gasteiger partial charge in [-0.1, -0.05) is 0 Å². The summed E-state index contributed by atoms with van der Waals surface area (Å²) in [5.74, 6) is -2.16. The molecule has 3 atom stereocenters. The van der Waals surface area contributed by atoms with Gasteiger partial charge in [-0.05, 0) is 0 Å². The summed E-state index contributed by atoms with van der Waals surface area (Å²) in [4.78, 5) is 36.7. The van der Waals surface area contributed by atoms with Crippen molar-refractivity contribution in [3.05, 3.63) is 44.1 Å². The van der Waals surface area contributed by atoms with E-state index in [-0.39, 0.29) is 5.76 Å². The summed E-state index contributed by atoms with van der Waals surface area (Å²) in [7, 11) is 0.995. The number of carbonyl (C=O) groups is 1. The number of H-pyrrole nitrogens is 1. The average Bonchev–Trinajstić information content (AvgIpc) is 2.81. The van der Waals surface area contributed by atoms with Crippen molar-refractivity contribution >= 4 is 5.97 Å². The third-order valence-electron chi connectivity index (χ3n) is 3.23. The van der Waals surface area contributed by atoms with Crippen LogP contribution in [0.25, 0.3) is 0 Å².